The fraction of sp³-hybridized carbons (Fsp3) is 0.409. The van der Waals surface area contributed by atoms with Crippen LogP contribution in [0.5, 0.6) is 0 Å². The number of amides is 1. The molecule has 0 radical (unpaired) electrons. The van der Waals surface area contributed by atoms with Crippen molar-refractivity contribution in [2.45, 2.75) is 31.9 Å². The Hall–Kier alpha value is -2.54. The van der Waals surface area contributed by atoms with Gasteiger partial charge < -0.3 is 15.0 Å². The molecule has 0 unspecified atom stereocenters. The number of carbonyl (C=O) groups excluding carboxylic acids is 1. The number of halogens is 3. The number of aryl methyl sites for hydroxylation is 2. The Morgan fingerprint density at radius 1 is 0.966 bits per heavy atom. The summed E-state index contributed by atoms with van der Waals surface area (Å²) in [6.45, 7) is 2.05. The maximum Gasteiger partial charge on any atom is 0.418 e. The van der Waals surface area contributed by atoms with Gasteiger partial charge in [0, 0.05) is 24.3 Å². The van der Waals surface area contributed by atoms with Crippen LogP contribution in [0.1, 0.15) is 39.9 Å². The molecule has 29 heavy (non-hydrogen) atoms. The predicted molar refractivity (Wildman–Crippen MR) is 106 cm³/mol. The van der Waals surface area contributed by atoms with Crippen molar-refractivity contribution in [3.63, 3.8) is 0 Å². The Labute approximate surface area is 167 Å². The zero-order valence-electron chi connectivity index (χ0n) is 16.0. The molecule has 0 saturated carbocycles. The molecule has 1 heterocycles. The summed E-state index contributed by atoms with van der Waals surface area (Å²) >= 11 is 0. The second-order valence-electron chi connectivity index (χ2n) is 7.47. The molecule has 154 valence electrons. The molecule has 1 aliphatic heterocycles. The molecular formula is C22H23F3N2O2. The van der Waals surface area contributed by atoms with Gasteiger partial charge in [0.1, 0.15) is 0 Å². The Balaban J connectivity index is 1.59. The first-order chi connectivity index (χ1) is 13.9. The van der Waals surface area contributed by atoms with Crippen molar-refractivity contribution < 1.29 is 22.7 Å². The molecule has 0 spiro atoms. The van der Waals surface area contributed by atoms with Crippen molar-refractivity contribution in [1.29, 1.82) is 0 Å². The molecule has 1 saturated heterocycles. The van der Waals surface area contributed by atoms with Crippen molar-refractivity contribution in [2.75, 3.05) is 36.5 Å². The minimum Gasteiger partial charge on any atom is -0.378 e. The smallest absolute Gasteiger partial charge is 0.378 e. The second-order valence-corrected chi connectivity index (χ2v) is 7.47. The van der Waals surface area contributed by atoms with Gasteiger partial charge in [0.15, 0.2) is 0 Å². The molecule has 0 atom stereocenters. The number of fused-ring (bicyclic) bond motifs is 1. The number of benzene rings is 2. The fourth-order valence-corrected chi connectivity index (χ4v) is 3.96. The lowest BCUT2D eigenvalue weighted by Gasteiger charge is -2.29. The number of nitrogens with one attached hydrogen (secondary N) is 1. The lowest BCUT2D eigenvalue weighted by atomic mass is 9.90. The molecule has 2 aliphatic rings. The Bertz CT molecular complexity index is 905. The highest BCUT2D eigenvalue weighted by Crippen LogP contribution is 2.38. The van der Waals surface area contributed by atoms with E-state index < -0.39 is 17.6 Å². The number of nitrogens with zero attached hydrogens (tertiary/aromatic N) is 1. The number of rotatable bonds is 3. The lowest BCUT2D eigenvalue weighted by Crippen LogP contribution is -2.36. The first-order valence-electron chi connectivity index (χ1n) is 9.89. The summed E-state index contributed by atoms with van der Waals surface area (Å²) in [7, 11) is 0. The van der Waals surface area contributed by atoms with Crippen molar-refractivity contribution in [1.82, 2.24) is 0 Å². The number of hydrogen-bond donors (Lipinski definition) is 1. The number of morpholine rings is 1. The summed E-state index contributed by atoms with van der Waals surface area (Å²) in [4.78, 5) is 14.5. The van der Waals surface area contributed by atoms with Crippen LogP contribution in [0.25, 0.3) is 0 Å². The summed E-state index contributed by atoms with van der Waals surface area (Å²) < 4.78 is 46.3. The average Bonchev–Trinajstić information content (AvgIpc) is 2.73. The van der Waals surface area contributed by atoms with E-state index in [0.29, 0.717) is 37.6 Å². The van der Waals surface area contributed by atoms with E-state index in [1.807, 2.05) is 11.0 Å². The molecule has 0 bridgehead atoms. The Kier molecular flexibility index (Phi) is 5.50. The van der Waals surface area contributed by atoms with Gasteiger partial charge in [-0.2, -0.15) is 13.2 Å². The van der Waals surface area contributed by atoms with Gasteiger partial charge in [-0.3, -0.25) is 4.79 Å². The van der Waals surface area contributed by atoms with E-state index in [4.69, 9.17) is 4.74 Å². The molecule has 1 amide bonds. The van der Waals surface area contributed by atoms with E-state index >= 15 is 0 Å². The summed E-state index contributed by atoms with van der Waals surface area (Å²) in [5.74, 6) is -0.525. The molecule has 0 aromatic heterocycles. The van der Waals surface area contributed by atoms with Crippen molar-refractivity contribution >= 4 is 17.3 Å². The van der Waals surface area contributed by atoms with Gasteiger partial charge >= 0.3 is 6.18 Å². The third-order valence-corrected chi connectivity index (χ3v) is 5.54. The average molecular weight is 404 g/mol. The molecule has 2 aromatic carbocycles. The molecule has 1 fully saturated rings. The zero-order chi connectivity index (χ0) is 20.4. The van der Waals surface area contributed by atoms with E-state index in [1.54, 1.807) is 18.2 Å². The standard InChI is InChI=1S/C22H23F3N2O2/c23-22(24,25)19-14-18(27-9-11-29-12-10-27)7-8-20(19)26-21(28)17-6-5-15-3-1-2-4-16(15)13-17/h5-8,13-14H,1-4,9-12H2,(H,26,28). The van der Waals surface area contributed by atoms with Crippen molar-refractivity contribution in [3.05, 3.63) is 58.7 Å². The third kappa shape index (κ3) is 4.40. The summed E-state index contributed by atoms with van der Waals surface area (Å²) in [6.07, 6.45) is -0.486. The van der Waals surface area contributed by atoms with Crippen molar-refractivity contribution in [2.24, 2.45) is 0 Å². The number of alkyl halides is 3. The van der Waals surface area contributed by atoms with E-state index in [0.717, 1.165) is 37.3 Å². The first-order valence-corrected chi connectivity index (χ1v) is 9.89. The van der Waals surface area contributed by atoms with E-state index in [2.05, 4.69) is 5.32 Å². The third-order valence-electron chi connectivity index (χ3n) is 5.54. The van der Waals surface area contributed by atoms with Crippen molar-refractivity contribution in [3.8, 4) is 0 Å². The minimum atomic E-state index is -4.57. The van der Waals surface area contributed by atoms with E-state index in [-0.39, 0.29) is 5.69 Å². The SMILES string of the molecule is O=C(Nc1ccc(N2CCOCC2)cc1C(F)(F)F)c1ccc2c(c1)CCCC2. The number of carbonyl (C=O) groups is 1. The maximum atomic E-state index is 13.7. The zero-order valence-corrected chi connectivity index (χ0v) is 16.0. The van der Waals surface area contributed by atoms with Gasteiger partial charge in [-0.15, -0.1) is 0 Å². The molecular weight excluding hydrogens is 381 g/mol. The molecule has 2 aromatic rings. The summed E-state index contributed by atoms with van der Waals surface area (Å²) in [6, 6.07) is 9.46. The maximum absolute atomic E-state index is 13.7. The number of ether oxygens (including phenoxy) is 1. The van der Waals surface area contributed by atoms with Crippen LogP contribution < -0.4 is 10.2 Å². The summed E-state index contributed by atoms with van der Waals surface area (Å²) in [5, 5.41) is 2.47. The van der Waals surface area contributed by atoms with Gasteiger partial charge in [-0.25, -0.2) is 0 Å². The molecule has 4 nitrogen and oxygen atoms in total. The van der Waals surface area contributed by atoms with Crippen LogP contribution in [0.15, 0.2) is 36.4 Å². The van der Waals surface area contributed by atoms with Crippen LogP contribution in [0.3, 0.4) is 0 Å². The highest BCUT2D eigenvalue weighted by Gasteiger charge is 2.35. The second kappa shape index (κ2) is 8.06. The van der Waals surface area contributed by atoms with Gasteiger partial charge in [0.05, 0.1) is 24.5 Å². The van der Waals surface area contributed by atoms with Crippen LogP contribution in [-0.4, -0.2) is 32.2 Å². The number of hydrogen-bond acceptors (Lipinski definition) is 3. The lowest BCUT2D eigenvalue weighted by molar-refractivity contribution is -0.136. The Morgan fingerprint density at radius 2 is 1.69 bits per heavy atom. The van der Waals surface area contributed by atoms with Crippen LogP contribution >= 0.6 is 0 Å². The highest BCUT2D eigenvalue weighted by atomic mass is 19.4. The predicted octanol–water partition coefficient (Wildman–Crippen LogP) is 4.67. The number of anilines is 2. The molecule has 7 heteroatoms. The van der Waals surface area contributed by atoms with Gasteiger partial charge in [0.25, 0.3) is 5.91 Å². The van der Waals surface area contributed by atoms with E-state index in [1.165, 1.54) is 11.6 Å². The normalized spacial score (nSPS) is 17.0. The quantitative estimate of drug-likeness (QED) is 0.808. The fourth-order valence-electron chi connectivity index (χ4n) is 3.96. The highest BCUT2D eigenvalue weighted by molar-refractivity contribution is 6.05. The van der Waals surface area contributed by atoms with E-state index in [9.17, 15) is 18.0 Å². The van der Waals surface area contributed by atoms with Gasteiger partial charge in [-0.05, 0) is 67.1 Å². The van der Waals surface area contributed by atoms with Crippen LogP contribution in [-0.2, 0) is 23.8 Å². The molecule has 1 N–H and O–H groups in total. The first kappa shape index (κ1) is 19.8. The Morgan fingerprint density at radius 3 is 2.41 bits per heavy atom. The van der Waals surface area contributed by atoms with Crippen LogP contribution in [0, 0.1) is 0 Å². The van der Waals surface area contributed by atoms with Crippen LogP contribution in [0.2, 0.25) is 0 Å². The largest absolute Gasteiger partial charge is 0.418 e. The molecule has 4 rings (SSSR count). The molecule has 1 aliphatic carbocycles. The van der Waals surface area contributed by atoms with Gasteiger partial charge in [0.2, 0.25) is 0 Å². The topological polar surface area (TPSA) is 41.6 Å². The summed E-state index contributed by atoms with van der Waals surface area (Å²) in [5.41, 5.74) is 2.13. The monoisotopic (exact) mass is 404 g/mol. The minimum absolute atomic E-state index is 0.225. The van der Waals surface area contributed by atoms with Gasteiger partial charge in [-0.1, -0.05) is 6.07 Å². The van der Waals surface area contributed by atoms with Crippen LogP contribution in [0.4, 0.5) is 24.5 Å².